The minimum atomic E-state index is 0.867. The minimum absolute atomic E-state index is 0.867. The Balaban J connectivity index is 1.73. The van der Waals surface area contributed by atoms with E-state index in [1.165, 1.54) is 31.2 Å². The molecular formula is C14H24N2O. The average molecular weight is 236 g/mol. The highest BCUT2D eigenvalue weighted by Gasteiger charge is 2.18. The Bertz CT molecular complexity index is 332. The van der Waals surface area contributed by atoms with Crippen molar-refractivity contribution in [1.29, 1.82) is 0 Å². The van der Waals surface area contributed by atoms with E-state index >= 15 is 0 Å². The van der Waals surface area contributed by atoms with Crippen molar-refractivity contribution in [1.82, 2.24) is 10.5 Å². The van der Waals surface area contributed by atoms with Gasteiger partial charge in [0, 0.05) is 12.1 Å². The van der Waals surface area contributed by atoms with Gasteiger partial charge in [-0.2, -0.15) is 0 Å². The second-order valence-corrected chi connectivity index (χ2v) is 5.56. The lowest BCUT2D eigenvalue weighted by atomic mass is 9.83. The Kier molecular flexibility index (Phi) is 4.21. The van der Waals surface area contributed by atoms with Crippen LogP contribution in [0, 0.1) is 25.7 Å². The summed E-state index contributed by atoms with van der Waals surface area (Å²) in [5.74, 6) is 2.76. The van der Waals surface area contributed by atoms with Crippen molar-refractivity contribution in [3.63, 3.8) is 0 Å². The molecule has 1 aliphatic carbocycles. The van der Waals surface area contributed by atoms with Crippen molar-refractivity contribution in [2.24, 2.45) is 11.8 Å². The van der Waals surface area contributed by atoms with Gasteiger partial charge in [0.1, 0.15) is 5.76 Å². The first-order valence-corrected chi connectivity index (χ1v) is 6.79. The predicted molar refractivity (Wildman–Crippen MR) is 68.8 cm³/mol. The highest BCUT2D eigenvalue weighted by atomic mass is 16.5. The van der Waals surface area contributed by atoms with Crippen LogP contribution in [0.15, 0.2) is 4.52 Å². The molecule has 1 aromatic rings. The predicted octanol–water partition coefficient (Wildman–Crippen LogP) is 3.21. The van der Waals surface area contributed by atoms with Crippen LogP contribution < -0.4 is 5.32 Å². The fourth-order valence-corrected chi connectivity index (χ4v) is 2.69. The van der Waals surface area contributed by atoms with E-state index in [-0.39, 0.29) is 0 Å². The third-order valence-corrected chi connectivity index (χ3v) is 4.05. The van der Waals surface area contributed by atoms with Crippen molar-refractivity contribution in [2.45, 2.75) is 53.0 Å². The van der Waals surface area contributed by atoms with Crippen LogP contribution in [0.2, 0.25) is 0 Å². The third kappa shape index (κ3) is 3.32. The Labute approximate surface area is 104 Å². The number of nitrogens with one attached hydrogen (secondary N) is 1. The summed E-state index contributed by atoms with van der Waals surface area (Å²) in [6, 6.07) is 0. The standard InChI is InChI=1S/C14H24N2O/c1-10-4-6-13(7-5-10)8-15-9-14-11(2)16-17-12(14)3/h10,13,15H,4-9H2,1-3H3. The fraction of sp³-hybridized carbons (Fsp3) is 0.786. The van der Waals surface area contributed by atoms with Gasteiger partial charge in [0.25, 0.3) is 0 Å². The van der Waals surface area contributed by atoms with Gasteiger partial charge < -0.3 is 9.84 Å². The van der Waals surface area contributed by atoms with E-state index in [2.05, 4.69) is 17.4 Å². The Hall–Kier alpha value is -0.830. The van der Waals surface area contributed by atoms with Gasteiger partial charge in [0.2, 0.25) is 0 Å². The molecule has 0 amide bonds. The molecule has 0 bridgehead atoms. The molecule has 0 saturated heterocycles. The molecule has 2 rings (SSSR count). The summed E-state index contributed by atoms with van der Waals surface area (Å²) in [5.41, 5.74) is 2.25. The molecule has 0 aliphatic heterocycles. The number of rotatable bonds is 4. The van der Waals surface area contributed by atoms with Gasteiger partial charge in [-0.1, -0.05) is 24.9 Å². The topological polar surface area (TPSA) is 38.1 Å². The molecule has 3 nitrogen and oxygen atoms in total. The van der Waals surface area contributed by atoms with Crippen LogP contribution in [-0.2, 0) is 6.54 Å². The maximum atomic E-state index is 5.16. The molecule has 0 unspecified atom stereocenters. The molecule has 0 radical (unpaired) electrons. The van der Waals surface area contributed by atoms with Crippen molar-refractivity contribution in [3.05, 3.63) is 17.0 Å². The first-order chi connectivity index (χ1) is 8.16. The quantitative estimate of drug-likeness (QED) is 0.872. The fourth-order valence-electron chi connectivity index (χ4n) is 2.69. The summed E-state index contributed by atoms with van der Waals surface area (Å²) in [6.07, 6.45) is 5.57. The molecule has 1 N–H and O–H groups in total. The third-order valence-electron chi connectivity index (χ3n) is 4.05. The Morgan fingerprint density at radius 2 is 1.94 bits per heavy atom. The summed E-state index contributed by atoms with van der Waals surface area (Å²) < 4.78 is 5.16. The molecule has 1 fully saturated rings. The van der Waals surface area contributed by atoms with Crippen LogP contribution >= 0.6 is 0 Å². The zero-order chi connectivity index (χ0) is 12.3. The van der Waals surface area contributed by atoms with E-state index in [9.17, 15) is 0 Å². The monoisotopic (exact) mass is 236 g/mol. The first-order valence-electron chi connectivity index (χ1n) is 6.79. The van der Waals surface area contributed by atoms with Crippen LogP contribution in [0.1, 0.15) is 49.6 Å². The molecule has 0 spiro atoms. The molecule has 1 aromatic heterocycles. The Morgan fingerprint density at radius 3 is 2.53 bits per heavy atom. The van der Waals surface area contributed by atoms with Gasteiger partial charge in [-0.15, -0.1) is 0 Å². The SMILES string of the molecule is Cc1noc(C)c1CNCC1CCC(C)CC1. The molecule has 1 saturated carbocycles. The molecular weight excluding hydrogens is 212 g/mol. The van der Waals surface area contributed by atoms with E-state index in [1.807, 2.05) is 13.8 Å². The second-order valence-electron chi connectivity index (χ2n) is 5.56. The summed E-state index contributed by atoms with van der Waals surface area (Å²) in [5, 5.41) is 7.53. The molecule has 1 heterocycles. The lowest BCUT2D eigenvalue weighted by molar-refractivity contribution is 0.281. The lowest BCUT2D eigenvalue weighted by Crippen LogP contribution is -2.26. The average Bonchev–Trinajstić information content (AvgIpc) is 2.63. The van der Waals surface area contributed by atoms with E-state index in [1.54, 1.807) is 0 Å². The number of hydrogen-bond acceptors (Lipinski definition) is 3. The van der Waals surface area contributed by atoms with Gasteiger partial charge in [-0.25, -0.2) is 0 Å². The van der Waals surface area contributed by atoms with Gasteiger partial charge in [-0.3, -0.25) is 0 Å². The summed E-state index contributed by atoms with van der Waals surface area (Å²) in [6.45, 7) is 8.40. The maximum absolute atomic E-state index is 5.16. The number of aromatic nitrogens is 1. The second kappa shape index (κ2) is 5.67. The summed E-state index contributed by atoms with van der Waals surface area (Å²) >= 11 is 0. The van der Waals surface area contributed by atoms with E-state index < -0.39 is 0 Å². The van der Waals surface area contributed by atoms with Gasteiger partial charge in [-0.05, 0) is 45.1 Å². The van der Waals surface area contributed by atoms with Crippen LogP contribution in [-0.4, -0.2) is 11.7 Å². The van der Waals surface area contributed by atoms with Crippen molar-refractivity contribution in [3.8, 4) is 0 Å². The zero-order valence-corrected chi connectivity index (χ0v) is 11.3. The van der Waals surface area contributed by atoms with Crippen LogP contribution in [0.25, 0.3) is 0 Å². The highest BCUT2D eigenvalue weighted by Crippen LogP contribution is 2.27. The highest BCUT2D eigenvalue weighted by molar-refractivity contribution is 5.20. The maximum Gasteiger partial charge on any atom is 0.138 e. The van der Waals surface area contributed by atoms with Gasteiger partial charge in [0.05, 0.1) is 5.69 Å². The van der Waals surface area contributed by atoms with E-state index in [4.69, 9.17) is 4.52 Å². The summed E-state index contributed by atoms with van der Waals surface area (Å²) in [7, 11) is 0. The van der Waals surface area contributed by atoms with Gasteiger partial charge in [0.15, 0.2) is 0 Å². The Morgan fingerprint density at radius 1 is 1.24 bits per heavy atom. The molecule has 3 heteroatoms. The van der Waals surface area contributed by atoms with Crippen LogP contribution in [0.3, 0.4) is 0 Å². The number of nitrogens with zero attached hydrogens (tertiary/aromatic N) is 1. The smallest absolute Gasteiger partial charge is 0.138 e. The van der Waals surface area contributed by atoms with Crippen molar-refractivity contribution in [2.75, 3.05) is 6.54 Å². The molecule has 96 valence electrons. The van der Waals surface area contributed by atoms with Crippen molar-refractivity contribution >= 4 is 0 Å². The number of hydrogen-bond donors (Lipinski definition) is 1. The van der Waals surface area contributed by atoms with Crippen LogP contribution in [0.4, 0.5) is 0 Å². The normalized spacial score (nSPS) is 25.1. The minimum Gasteiger partial charge on any atom is -0.361 e. The van der Waals surface area contributed by atoms with Crippen molar-refractivity contribution < 1.29 is 4.52 Å². The van der Waals surface area contributed by atoms with E-state index in [0.717, 1.165) is 36.4 Å². The lowest BCUT2D eigenvalue weighted by Gasteiger charge is -2.26. The molecule has 0 atom stereocenters. The van der Waals surface area contributed by atoms with E-state index in [0.29, 0.717) is 0 Å². The van der Waals surface area contributed by atoms with Gasteiger partial charge >= 0.3 is 0 Å². The first kappa shape index (κ1) is 12.6. The molecule has 17 heavy (non-hydrogen) atoms. The largest absolute Gasteiger partial charge is 0.361 e. The van der Waals surface area contributed by atoms with Crippen LogP contribution in [0.5, 0.6) is 0 Å². The number of aryl methyl sites for hydroxylation is 2. The summed E-state index contributed by atoms with van der Waals surface area (Å²) in [4.78, 5) is 0. The zero-order valence-electron chi connectivity index (χ0n) is 11.3. The molecule has 0 aromatic carbocycles. The molecule has 1 aliphatic rings.